The molecule has 0 heterocycles. The van der Waals surface area contributed by atoms with Gasteiger partial charge in [-0.2, -0.15) is 0 Å². The average molecular weight is 283 g/mol. The zero-order valence-corrected chi connectivity index (χ0v) is 12.4. The minimum atomic E-state index is 0.477. The fourth-order valence-electron chi connectivity index (χ4n) is 1.75. The topological polar surface area (TPSA) is 62.9 Å². The number of nitrogens with two attached hydrogens (primary N) is 1. The molecular formula is C15H25NO4. The molecule has 0 radical (unpaired) electrons. The van der Waals surface area contributed by atoms with Crippen LogP contribution in [0.4, 0.5) is 0 Å². The summed E-state index contributed by atoms with van der Waals surface area (Å²) in [6.45, 7) is 5.87. The molecule has 5 nitrogen and oxygen atoms in total. The van der Waals surface area contributed by atoms with Crippen molar-refractivity contribution >= 4 is 0 Å². The van der Waals surface area contributed by atoms with Crippen molar-refractivity contribution in [2.24, 2.45) is 5.73 Å². The first-order chi connectivity index (χ1) is 9.79. The Bertz CT molecular complexity index is 371. The van der Waals surface area contributed by atoms with Crippen molar-refractivity contribution in [3.63, 3.8) is 0 Å². The second-order valence-corrected chi connectivity index (χ2v) is 4.33. The first-order valence-corrected chi connectivity index (χ1v) is 6.85. The fraction of sp³-hybridized carbons (Fsp3) is 0.600. The van der Waals surface area contributed by atoms with Crippen LogP contribution in [0.25, 0.3) is 0 Å². The van der Waals surface area contributed by atoms with E-state index in [-0.39, 0.29) is 0 Å². The van der Waals surface area contributed by atoms with Crippen LogP contribution in [-0.4, -0.2) is 46.8 Å². The maximum Gasteiger partial charge on any atom is 0.126 e. The Balaban J connectivity index is 2.12. The molecule has 0 aliphatic heterocycles. The van der Waals surface area contributed by atoms with Crippen molar-refractivity contribution in [2.45, 2.75) is 13.5 Å². The predicted molar refractivity (Wildman–Crippen MR) is 78.1 cm³/mol. The molecule has 1 aromatic rings. The normalized spacial score (nSPS) is 10.8. The average Bonchev–Trinajstić information content (AvgIpc) is 2.46. The molecule has 0 aromatic heterocycles. The Kier molecular flexibility index (Phi) is 8.98. The fourth-order valence-corrected chi connectivity index (χ4v) is 1.75. The monoisotopic (exact) mass is 283 g/mol. The largest absolute Gasteiger partial charge is 0.491 e. The van der Waals surface area contributed by atoms with Crippen LogP contribution in [0.5, 0.6) is 5.75 Å². The minimum Gasteiger partial charge on any atom is -0.491 e. The van der Waals surface area contributed by atoms with E-state index in [1.165, 1.54) is 0 Å². The molecule has 2 N–H and O–H groups in total. The molecule has 0 spiro atoms. The van der Waals surface area contributed by atoms with Crippen molar-refractivity contribution in [3.05, 3.63) is 29.3 Å². The second-order valence-electron chi connectivity index (χ2n) is 4.33. The number of ether oxygens (including phenoxy) is 4. The SMILES string of the molecule is COCCOCCOCCOc1c(C)cccc1CN. The van der Waals surface area contributed by atoms with Gasteiger partial charge in [0.1, 0.15) is 12.4 Å². The maximum absolute atomic E-state index is 5.74. The third-order valence-electron chi connectivity index (χ3n) is 2.79. The highest BCUT2D eigenvalue weighted by atomic mass is 16.6. The standard InChI is InChI=1S/C15H25NO4/c1-13-4-3-5-14(12-16)15(13)20-11-10-19-9-8-18-7-6-17-2/h3-5H,6-12,16H2,1-2H3. The number of hydrogen-bond donors (Lipinski definition) is 1. The van der Waals surface area contributed by atoms with E-state index in [1.807, 2.05) is 25.1 Å². The zero-order chi connectivity index (χ0) is 14.6. The van der Waals surface area contributed by atoms with Crippen molar-refractivity contribution < 1.29 is 18.9 Å². The molecule has 20 heavy (non-hydrogen) atoms. The van der Waals surface area contributed by atoms with Gasteiger partial charge in [0.15, 0.2) is 0 Å². The summed E-state index contributed by atoms with van der Waals surface area (Å²) in [5.74, 6) is 0.870. The molecule has 0 amide bonds. The van der Waals surface area contributed by atoms with E-state index in [9.17, 15) is 0 Å². The Morgan fingerprint density at radius 3 is 2.25 bits per heavy atom. The van der Waals surface area contributed by atoms with Crippen LogP contribution in [0.2, 0.25) is 0 Å². The quantitative estimate of drug-likeness (QED) is 0.624. The number of hydrogen-bond acceptors (Lipinski definition) is 5. The highest BCUT2D eigenvalue weighted by molar-refractivity contribution is 5.40. The summed E-state index contributed by atoms with van der Waals surface area (Å²) in [7, 11) is 1.65. The van der Waals surface area contributed by atoms with Crippen molar-refractivity contribution in [1.29, 1.82) is 0 Å². The van der Waals surface area contributed by atoms with Crippen LogP contribution in [0.3, 0.4) is 0 Å². The van der Waals surface area contributed by atoms with Gasteiger partial charge in [-0.1, -0.05) is 18.2 Å². The molecule has 5 heteroatoms. The summed E-state index contributed by atoms with van der Waals surface area (Å²) in [5, 5.41) is 0. The van der Waals surface area contributed by atoms with E-state index in [0.717, 1.165) is 16.9 Å². The Hall–Kier alpha value is -1.14. The van der Waals surface area contributed by atoms with Crippen molar-refractivity contribution in [1.82, 2.24) is 0 Å². The number of para-hydroxylation sites is 1. The number of benzene rings is 1. The molecule has 0 saturated carbocycles. The second kappa shape index (κ2) is 10.6. The summed E-state index contributed by atoms with van der Waals surface area (Å²) in [4.78, 5) is 0. The first kappa shape index (κ1) is 16.9. The van der Waals surface area contributed by atoms with Crippen LogP contribution in [0.15, 0.2) is 18.2 Å². The Morgan fingerprint density at radius 2 is 1.60 bits per heavy atom. The molecule has 114 valence electrons. The lowest BCUT2D eigenvalue weighted by molar-refractivity contribution is 0.0178. The van der Waals surface area contributed by atoms with Crippen LogP contribution < -0.4 is 10.5 Å². The molecular weight excluding hydrogens is 258 g/mol. The predicted octanol–water partition coefficient (Wildman–Crippen LogP) is 1.51. The first-order valence-electron chi connectivity index (χ1n) is 6.85. The smallest absolute Gasteiger partial charge is 0.126 e. The van der Waals surface area contributed by atoms with E-state index < -0.39 is 0 Å². The summed E-state index contributed by atoms with van der Waals surface area (Å²) in [5.41, 5.74) is 7.81. The van der Waals surface area contributed by atoms with Gasteiger partial charge in [0.05, 0.1) is 33.0 Å². The van der Waals surface area contributed by atoms with Crippen LogP contribution >= 0.6 is 0 Å². The molecule has 1 aromatic carbocycles. The van der Waals surface area contributed by atoms with Gasteiger partial charge >= 0.3 is 0 Å². The van der Waals surface area contributed by atoms with E-state index in [4.69, 9.17) is 24.7 Å². The molecule has 0 fully saturated rings. The third-order valence-corrected chi connectivity index (χ3v) is 2.79. The van der Waals surface area contributed by atoms with Crippen LogP contribution in [-0.2, 0) is 20.8 Å². The molecule has 0 bridgehead atoms. The van der Waals surface area contributed by atoms with E-state index in [1.54, 1.807) is 7.11 Å². The minimum absolute atomic E-state index is 0.477. The van der Waals surface area contributed by atoms with Crippen LogP contribution in [0, 0.1) is 6.92 Å². The van der Waals surface area contributed by atoms with Gasteiger partial charge in [-0.15, -0.1) is 0 Å². The van der Waals surface area contributed by atoms with E-state index >= 15 is 0 Å². The summed E-state index contributed by atoms with van der Waals surface area (Å²) >= 11 is 0. The van der Waals surface area contributed by atoms with Gasteiger partial charge in [0.25, 0.3) is 0 Å². The van der Waals surface area contributed by atoms with Crippen molar-refractivity contribution in [3.8, 4) is 5.75 Å². The lowest BCUT2D eigenvalue weighted by atomic mass is 10.1. The summed E-state index contributed by atoms with van der Waals surface area (Å²) < 4.78 is 21.3. The van der Waals surface area contributed by atoms with Gasteiger partial charge in [-0.05, 0) is 12.5 Å². The van der Waals surface area contributed by atoms with Crippen molar-refractivity contribution in [2.75, 3.05) is 46.8 Å². The number of rotatable bonds is 11. The highest BCUT2D eigenvalue weighted by Crippen LogP contribution is 2.22. The summed E-state index contributed by atoms with van der Waals surface area (Å²) in [6.07, 6.45) is 0. The van der Waals surface area contributed by atoms with Gasteiger partial charge in [-0.25, -0.2) is 0 Å². The van der Waals surface area contributed by atoms with E-state index in [2.05, 4.69) is 0 Å². The number of methoxy groups -OCH3 is 1. The third kappa shape index (κ3) is 6.34. The molecule has 0 saturated heterocycles. The van der Waals surface area contributed by atoms with Gasteiger partial charge in [-0.3, -0.25) is 0 Å². The van der Waals surface area contributed by atoms with E-state index in [0.29, 0.717) is 46.2 Å². The highest BCUT2D eigenvalue weighted by Gasteiger charge is 2.05. The molecule has 0 aliphatic carbocycles. The molecule has 0 atom stereocenters. The molecule has 0 unspecified atom stereocenters. The maximum atomic E-state index is 5.74. The van der Waals surface area contributed by atoms with Crippen LogP contribution in [0.1, 0.15) is 11.1 Å². The lowest BCUT2D eigenvalue weighted by Gasteiger charge is -2.13. The Labute approximate surface area is 121 Å². The molecule has 0 aliphatic rings. The molecule has 1 rings (SSSR count). The zero-order valence-electron chi connectivity index (χ0n) is 12.4. The summed E-state index contributed by atoms with van der Waals surface area (Å²) in [6, 6.07) is 5.98. The number of aryl methyl sites for hydroxylation is 1. The lowest BCUT2D eigenvalue weighted by Crippen LogP contribution is -2.13. The van der Waals surface area contributed by atoms with Gasteiger partial charge < -0.3 is 24.7 Å². The van der Waals surface area contributed by atoms with Gasteiger partial charge in [0.2, 0.25) is 0 Å². The Morgan fingerprint density at radius 1 is 0.950 bits per heavy atom. The van der Waals surface area contributed by atoms with Gasteiger partial charge in [0, 0.05) is 19.2 Å².